The summed E-state index contributed by atoms with van der Waals surface area (Å²) in [6.07, 6.45) is 7.65. The van der Waals surface area contributed by atoms with Gasteiger partial charge in [-0.25, -0.2) is 9.59 Å². The van der Waals surface area contributed by atoms with Crippen LogP contribution >= 0.6 is 0 Å². The molecule has 2 aromatic rings. The highest BCUT2D eigenvalue weighted by Gasteiger charge is 2.19. The molecule has 164 valence electrons. The van der Waals surface area contributed by atoms with E-state index in [9.17, 15) is 0 Å². The summed E-state index contributed by atoms with van der Waals surface area (Å²) in [4.78, 5) is 20.7. The van der Waals surface area contributed by atoms with Crippen LogP contribution in [0.5, 0.6) is 5.75 Å². The summed E-state index contributed by atoms with van der Waals surface area (Å²) in [7, 11) is 0. The maximum atomic E-state index is 9.10. The Morgan fingerprint density at radius 3 is 2.26 bits per heavy atom. The minimum absolute atomic E-state index is 0.314. The minimum Gasteiger partial charge on any atom is -0.481 e. The molecule has 0 aliphatic carbocycles. The highest BCUT2D eigenvalue weighted by Crippen LogP contribution is 2.19. The lowest BCUT2D eigenvalue weighted by atomic mass is 10.0. The number of hydrogen-bond donors (Lipinski definition) is 3. The number of terminal acetylenes is 1. The van der Waals surface area contributed by atoms with Gasteiger partial charge in [-0.2, -0.15) is 0 Å². The van der Waals surface area contributed by atoms with Crippen LogP contribution in [0, 0.1) is 12.3 Å². The van der Waals surface area contributed by atoms with Gasteiger partial charge in [0.15, 0.2) is 0 Å². The highest BCUT2D eigenvalue weighted by molar-refractivity contribution is 6.27. The number of rotatable bonds is 7. The second-order valence-electron chi connectivity index (χ2n) is 7.13. The Bertz CT molecular complexity index is 859. The molecule has 0 aromatic heterocycles. The van der Waals surface area contributed by atoms with Gasteiger partial charge in [-0.15, -0.1) is 6.42 Å². The molecule has 31 heavy (non-hydrogen) atoms. The smallest absolute Gasteiger partial charge is 0.414 e. The van der Waals surface area contributed by atoms with Gasteiger partial charge in [-0.05, 0) is 37.6 Å². The van der Waals surface area contributed by atoms with Gasteiger partial charge in [0.05, 0.1) is 0 Å². The normalized spacial score (nSPS) is 14.0. The van der Waals surface area contributed by atoms with Crippen LogP contribution in [0.4, 0.5) is 0 Å². The average molecular weight is 424 g/mol. The van der Waals surface area contributed by atoms with Gasteiger partial charge < -0.3 is 20.3 Å². The second-order valence-corrected chi connectivity index (χ2v) is 7.13. The Kier molecular flexibility index (Phi) is 10.1. The van der Waals surface area contributed by atoms with Crippen molar-refractivity contribution in [1.29, 1.82) is 0 Å². The number of benzene rings is 2. The SMILES string of the molecule is C#CCOc1ccccc1CNC1CCN(Cc2ccccc2)CC1.O=C(O)C(=O)O. The third-order valence-corrected chi connectivity index (χ3v) is 4.88. The van der Waals surface area contributed by atoms with E-state index in [4.69, 9.17) is 31.0 Å². The Morgan fingerprint density at radius 1 is 1.03 bits per heavy atom. The van der Waals surface area contributed by atoms with E-state index in [1.165, 1.54) is 24.0 Å². The molecule has 7 nitrogen and oxygen atoms in total. The van der Waals surface area contributed by atoms with E-state index in [0.29, 0.717) is 12.6 Å². The summed E-state index contributed by atoms with van der Waals surface area (Å²) < 4.78 is 5.63. The van der Waals surface area contributed by atoms with Crippen LogP contribution in [0.25, 0.3) is 0 Å². The third-order valence-electron chi connectivity index (χ3n) is 4.88. The Hall–Kier alpha value is -3.34. The number of para-hydroxylation sites is 1. The Balaban J connectivity index is 0.000000501. The standard InChI is InChI=1S/C22H26N2O.C2H2O4/c1-2-16-25-22-11-7-6-10-20(22)17-23-21-12-14-24(15-13-21)18-19-8-4-3-5-9-19;3-1(4)2(5)6/h1,3-11,21,23H,12-18H2;(H,3,4)(H,5,6). The lowest BCUT2D eigenvalue weighted by molar-refractivity contribution is -0.159. The van der Waals surface area contributed by atoms with E-state index < -0.39 is 11.9 Å². The molecule has 0 bridgehead atoms. The van der Waals surface area contributed by atoms with E-state index in [-0.39, 0.29) is 0 Å². The summed E-state index contributed by atoms with van der Waals surface area (Å²) >= 11 is 0. The molecule has 1 aliphatic heterocycles. The van der Waals surface area contributed by atoms with Crippen LogP contribution in [0.15, 0.2) is 54.6 Å². The van der Waals surface area contributed by atoms with Crippen LogP contribution in [-0.2, 0) is 22.7 Å². The molecule has 0 amide bonds. The molecule has 1 aliphatic rings. The van der Waals surface area contributed by atoms with Crippen LogP contribution in [0.2, 0.25) is 0 Å². The van der Waals surface area contributed by atoms with Gasteiger partial charge in [-0.1, -0.05) is 54.5 Å². The number of aliphatic carboxylic acids is 2. The number of hydrogen-bond acceptors (Lipinski definition) is 5. The van der Waals surface area contributed by atoms with Crippen LogP contribution < -0.4 is 10.1 Å². The molecule has 2 aromatic carbocycles. The Labute approximate surface area is 182 Å². The number of piperidine rings is 1. The van der Waals surface area contributed by atoms with Crippen molar-refractivity contribution in [3.05, 3.63) is 65.7 Å². The number of likely N-dealkylation sites (tertiary alicyclic amines) is 1. The molecular formula is C24H28N2O5. The zero-order valence-electron chi connectivity index (χ0n) is 17.4. The zero-order valence-corrected chi connectivity index (χ0v) is 17.4. The number of carboxylic acids is 2. The first kappa shape index (κ1) is 23.9. The maximum absolute atomic E-state index is 9.10. The minimum atomic E-state index is -1.82. The van der Waals surface area contributed by atoms with Gasteiger partial charge in [-0.3, -0.25) is 4.90 Å². The van der Waals surface area contributed by atoms with Crippen LogP contribution in [0.1, 0.15) is 24.0 Å². The molecule has 3 N–H and O–H groups in total. The fourth-order valence-corrected chi connectivity index (χ4v) is 3.30. The molecular weight excluding hydrogens is 396 g/mol. The molecule has 0 saturated carbocycles. The molecule has 0 unspecified atom stereocenters. The number of nitrogens with zero attached hydrogens (tertiary/aromatic N) is 1. The molecule has 0 radical (unpaired) electrons. The highest BCUT2D eigenvalue weighted by atomic mass is 16.5. The van der Waals surface area contributed by atoms with Crippen molar-refractivity contribution >= 4 is 11.9 Å². The number of carbonyl (C=O) groups is 2. The van der Waals surface area contributed by atoms with Gasteiger partial charge >= 0.3 is 11.9 Å². The topological polar surface area (TPSA) is 99.1 Å². The molecule has 0 spiro atoms. The molecule has 7 heteroatoms. The van der Waals surface area contributed by atoms with Gasteiger partial charge in [0.2, 0.25) is 0 Å². The van der Waals surface area contributed by atoms with E-state index >= 15 is 0 Å². The second kappa shape index (κ2) is 13.1. The van der Waals surface area contributed by atoms with E-state index in [0.717, 1.165) is 31.9 Å². The molecule has 1 saturated heterocycles. The van der Waals surface area contributed by atoms with Gasteiger partial charge in [0.25, 0.3) is 0 Å². The predicted octanol–water partition coefficient (Wildman–Crippen LogP) is 2.61. The zero-order chi connectivity index (χ0) is 22.5. The van der Waals surface area contributed by atoms with E-state index in [1.807, 2.05) is 18.2 Å². The summed E-state index contributed by atoms with van der Waals surface area (Å²) in [5.41, 5.74) is 2.57. The van der Waals surface area contributed by atoms with Crippen molar-refractivity contribution in [3.63, 3.8) is 0 Å². The van der Waals surface area contributed by atoms with E-state index in [2.05, 4.69) is 52.5 Å². The molecule has 1 fully saturated rings. The first-order valence-corrected chi connectivity index (χ1v) is 10.1. The maximum Gasteiger partial charge on any atom is 0.414 e. The largest absolute Gasteiger partial charge is 0.481 e. The van der Waals surface area contributed by atoms with E-state index in [1.54, 1.807) is 0 Å². The molecule has 1 heterocycles. The summed E-state index contributed by atoms with van der Waals surface area (Å²) in [6.45, 7) is 4.47. The number of ether oxygens (including phenoxy) is 1. The van der Waals surface area contributed by atoms with Crippen molar-refractivity contribution in [2.75, 3.05) is 19.7 Å². The first-order chi connectivity index (χ1) is 15.0. The van der Waals surface area contributed by atoms with Crippen molar-refractivity contribution in [2.24, 2.45) is 0 Å². The molecule has 0 atom stereocenters. The Morgan fingerprint density at radius 2 is 1.65 bits per heavy atom. The van der Waals surface area contributed by atoms with Crippen molar-refractivity contribution in [1.82, 2.24) is 10.2 Å². The average Bonchev–Trinajstić information content (AvgIpc) is 2.79. The predicted molar refractivity (Wildman–Crippen MR) is 118 cm³/mol. The lowest BCUT2D eigenvalue weighted by Crippen LogP contribution is -2.41. The number of carboxylic acid groups (broad SMARTS) is 2. The number of nitrogens with one attached hydrogen (secondary N) is 1. The summed E-state index contributed by atoms with van der Waals surface area (Å²) in [5.74, 6) is -0.239. The first-order valence-electron chi connectivity index (χ1n) is 10.1. The van der Waals surface area contributed by atoms with Crippen molar-refractivity contribution in [2.45, 2.75) is 32.0 Å². The summed E-state index contributed by atoms with van der Waals surface area (Å²) in [6, 6.07) is 19.4. The third kappa shape index (κ3) is 8.91. The van der Waals surface area contributed by atoms with Crippen LogP contribution in [0.3, 0.4) is 0 Å². The van der Waals surface area contributed by atoms with Gasteiger partial charge in [0, 0.05) is 24.7 Å². The lowest BCUT2D eigenvalue weighted by Gasteiger charge is -2.32. The summed E-state index contributed by atoms with van der Waals surface area (Å²) in [5, 5.41) is 18.5. The monoisotopic (exact) mass is 424 g/mol. The molecule has 3 rings (SSSR count). The quantitative estimate of drug-likeness (QED) is 0.464. The fourth-order valence-electron chi connectivity index (χ4n) is 3.30. The fraction of sp³-hybridized carbons (Fsp3) is 0.333. The van der Waals surface area contributed by atoms with Crippen molar-refractivity contribution in [3.8, 4) is 18.1 Å². The van der Waals surface area contributed by atoms with Gasteiger partial charge in [0.1, 0.15) is 12.4 Å². The van der Waals surface area contributed by atoms with Crippen LogP contribution in [-0.4, -0.2) is 52.8 Å². The van der Waals surface area contributed by atoms with Crippen molar-refractivity contribution < 1.29 is 24.5 Å².